The molecule has 2 nitrogen and oxygen atoms in total. The van der Waals surface area contributed by atoms with Crippen molar-refractivity contribution in [3.63, 3.8) is 0 Å². The lowest BCUT2D eigenvalue weighted by Crippen LogP contribution is -2.24. The predicted molar refractivity (Wildman–Crippen MR) is 97.1 cm³/mol. The van der Waals surface area contributed by atoms with Crippen LogP contribution in [0.5, 0.6) is 0 Å². The fraction of sp³-hybridized carbons (Fsp3) is 0.190. The Morgan fingerprint density at radius 1 is 1.08 bits per heavy atom. The molecule has 0 saturated carbocycles. The Morgan fingerprint density at radius 2 is 1.73 bits per heavy atom. The third-order valence-corrected chi connectivity index (χ3v) is 3.78. The molecule has 26 heavy (non-hydrogen) atoms. The Labute approximate surface area is 151 Å². The SMILES string of the molecule is CC(C)=C/C=C\c1cc(C(=O)NCc2c(F)cc(F)cc2F)ccc1C. The van der Waals surface area contributed by atoms with Gasteiger partial charge in [0.15, 0.2) is 0 Å². The van der Waals surface area contributed by atoms with Gasteiger partial charge in [-0.05, 0) is 44.0 Å². The fourth-order valence-corrected chi connectivity index (χ4v) is 2.32. The van der Waals surface area contributed by atoms with Gasteiger partial charge in [-0.3, -0.25) is 4.79 Å². The summed E-state index contributed by atoms with van der Waals surface area (Å²) < 4.78 is 40.2. The third kappa shape index (κ3) is 5.09. The highest BCUT2D eigenvalue weighted by molar-refractivity contribution is 5.94. The number of hydrogen-bond acceptors (Lipinski definition) is 1. The standard InChI is InChI=1S/C21H20F3NO/c1-13(2)5-4-6-15-9-16(8-7-14(15)3)21(26)25-12-18-19(23)10-17(22)11-20(18)24/h4-11H,12H2,1-3H3,(H,25,26)/b6-4-. The van der Waals surface area contributed by atoms with Gasteiger partial charge >= 0.3 is 0 Å². The summed E-state index contributed by atoms with van der Waals surface area (Å²) in [6.45, 7) is 5.52. The molecular formula is C21H20F3NO. The van der Waals surface area contributed by atoms with Gasteiger partial charge in [-0.1, -0.05) is 29.9 Å². The summed E-state index contributed by atoms with van der Waals surface area (Å²) in [6, 6.07) is 6.32. The van der Waals surface area contributed by atoms with Crippen LogP contribution in [0.2, 0.25) is 0 Å². The van der Waals surface area contributed by atoms with Crippen LogP contribution >= 0.6 is 0 Å². The van der Waals surface area contributed by atoms with Crippen LogP contribution in [0.4, 0.5) is 13.2 Å². The first-order valence-corrected chi connectivity index (χ1v) is 8.11. The lowest BCUT2D eigenvalue weighted by molar-refractivity contribution is 0.0950. The summed E-state index contributed by atoms with van der Waals surface area (Å²) in [5.41, 5.74) is 3.01. The average Bonchev–Trinajstić information content (AvgIpc) is 2.55. The minimum absolute atomic E-state index is 0.367. The first-order valence-electron chi connectivity index (χ1n) is 8.11. The van der Waals surface area contributed by atoms with Crippen molar-refractivity contribution in [1.29, 1.82) is 0 Å². The van der Waals surface area contributed by atoms with Crippen LogP contribution in [0.15, 0.2) is 48.1 Å². The molecule has 0 atom stereocenters. The summed E-state index contributed by atoms with van der Waals surface area (Å²) in [6.07, 6.45) is 5.73. The number of aryl methyl sites for hydroxylation is 1. The van der Waals surface area contributed by atoms with E-state index in [2.05, 4.69) is 5.32 Å². The lowest BCUT2D eigenvalue weighted by atomic mass is 10.0. The Hall–Kier alpha value is -2.82. The van der Waals surface area contributed by atoms with Gasteiger partial charge in [0.2, 0.25) is 0 Å². The highest BCUT2D eigenvalue weighted by Gasteiger charge is 2.13. The molecular weight excluding hydrogens is 339 g/mol. The van der Waals surface area contributed by atoms with Crippen molar-refractivity contribution >= 4 is 12.0 Å². The number of amides is 1. The second kappa shape index (κ2) is 8.52. The Bertz CT molecular complexity index is 858. The Kier molecular flexibility index (Phi) is 6.39. The van der Waals surface area contributed by atoms with E-state index in [-0.39, 0.29) is 12.1 Å². The zero-order chi connectivity index (χ0) is 19.3. The second-order valence-corrected chi connectivity index (χ2v) is 6.21. The molecule has 1 amide bonds. The van der Waals surface area contributed by atoms with E-state index in [9.17, 15) is 18.0 Å². The van der Waals surface area contributed by atoms with Gasteiger partial charge in [-0.25, -0.2) is 13.2 Å². The summed E-state index contributed by atoms with van der Waals surface area (Å²) in [4.78, 5) is 12.3. The molecule has 0 spiro atoms. The van der Waals surface area contributed by atoms with E-state index < -0.39 is 23.4 Å². The van der Waals surface area contributed by atoms with Gasteiger partial charge in [0.1, 0.15) is 17.5 Å². The summed E-state index contributed by atoms with van der Waals surface area (Å²) >= 11 is 0. The van der Waals surface area contributed by atoms with Crippen LogP contribution in [0, 0.1) is 24.4 Å². The van der Waals surface area contributed by atoms with Gasteiger partial charge in [0, 0.05) is 29.8 Å². The number of carbonyl (C=O) groups is 1. The molecule has 0 aliphatic rings. The smallest absolute Gasteiger partial charge is 0.251 e. The topological polar surface area (TPSA) is 29.1 Å². The number of rotatable bonds is 5. The normalized spacial score (nSPS) is 10.8. The van der Waals surface area contributed by atoms with Gasteiger partial charge in [-0.2, -0.15) is 0 Å². The minimum Gasteiger partial charge on any atom is -0.348 e. The van der Waals surface area contributed by atoms with Crippen molar-refractivity contribution in [2.24, 2.45) is 0 Å². The van der Waals surface area contributed by atoms with Crippen LogP contribution in [0.1, 0.15) is 40.9 Å². The van der Waals surface area contributed by atoms with E-state index in [1.807, 2.05) is 39.0 Å². The number of halogens is 3. The summed E-state index contributed by atoms with van der Waals surface area (Å²) in [7, 11) is 0. The van der Waals surface area contributed by atoms with Crippen molar-refractivity contribution in [3.8, 4) is 0 Å². The molecule has 1 N–H and O–H groups in total. The Morgan fingerprint density at radius 3 is 2.35 bits per heavy atom. The van der Waals surface area contributed by atoms with E-state index in [1.165, 1.54) is 0 Å². The second-order valence-electron chi connectivity index (χ2n) is 6.21. The molecule has 0 aliphatic heterocycles. The zero-order valence-electron chi connectivity index (χ0n) is 14.9. The number of hydrogen-bond donors (Lipinski definition) is 1. The fourth-order valence-electron chi connectivity index (χ4n) is 2.32. The molecule has 0 radical (unpaired) electrons. The molecule has 136 valence electrons. The van der Waals surface area contributed by atoms with Crippen molar-refractivity contribution in [2.75, 3.05) is 0 Å². The van der Waals surface area contributed by atoms with Crippen molar-refractivity contribution < 1.29 is 18.0 Å². The van der Waals surface area contributed by atoms with Gasteiger partial charge in [0.25, 0.3) is 5.91 Å². The van der Waals surface area contributed by atoms with Crippen molar-refractivity contribution in [1.82, 2.24) is 5.32 Å². The van der Waals surface area contributed by atoms with E-state index in [0.717, 1.165) is 16.7 Å². The largest absolute Gasteiger partial charge is 0.348 e. The molecule has 2 rings (SSSR count). The molecule has 0 bridgehead atoms. The van der Waals surface area contributed by atoms with Gasteiger partial charge < -0.3 is 5.32 Å². The average molecular weight is 359 g/mol. The molecule has 2 aromatic carbocycles. The monoisotopic (exact) mass is 359 g/mol. The quantitative estimate of drug-likeness (QED) is 0.719. The van der Waals surface area contributed by atoms with Crippen LogP contribution in [0.25, 0.3) is 6.08 Å². The van der Waals surface area contributed by atoms with E-state index in [0.29, 0.717) is 17.7 Å². The number of allylic oxidation sites excluding steroid dienone is 3. The first kappa shape index (κ1) is 19.5. The van der Waals surface area contributed by atoms with E-state index >= 15 is 0 Å². The van der Waals surface area contributed by atoms with Gasteiger partial charge in [0.05, 0.1) is 0 Å². The maximum absolute atomic E-state index is 13.6. The van der Waals surface area contributed by atoms with Crippen LogP contribution in [-0.4, -0.2) is 5.91 Å². The first-order chi connectivity index (χ1) is 12.3. The lowest BCUT2D eigenvalue weighted by Gasteiger charge is -2.09. The highest BCUT2D eigenvalue weighted by Crippen LogP contribution is 2.16. The molecule has 0 aliphatic carbocycles. The van der Waals surface area contributed by atoms with Crippen LogP contribution in [0.3, 0.4) is 0 Å². The molecule has 5 heteroatoms. The van der Waals surface area contributed by atoms with E-state index in [1.54, 1.807) is 18.2 Å². The van der Waals surface area contributed by atoms with E-state index in [4.69, 9.17) is 0 Å². The number of benzene rings is 2. The molecule has 0 unspecified atom stereocenters. The predicted octanol–water partition coefficient (Wildman–Crippen LogP) is 5.32. The third-order valence-electron chi connectivity index (χ3n) is 3.78. The maximum atomic E-state index is 13.6. The van der Waals surface area contributed by atoms with Crippen molar-refractivity contribution in [2.45, 2.75) is 27.3 Å². The molecule has 0 heterocycles. The van der Waals surface area contributed by atoms with Crippen molar-refractivity contribution in [3.05, 3.63) is 87.8 Å². The maximum Gasteiger partial charge on any atom is 0.251 e. The molecule has 0 aromatic heterocycles. The highest BCUT2D eigenvalue weighted by atomic mass is 19.1. The molecule has 0 saturated heterocycles. The van der Waals surface area contributed by atoms with Gasteiger partial charge in [-0.15, -0.1) is 0 Å². The number of carbonyl (C=O) groups excluding carboxylic acids is 1. The summed E-state index contributed by atoms with van der Waals surface area (Å²) in [5.74, 6) is -3.53. The Balaban J connectivity index is 2.15. The zero-order valence-corrected chi connectivity index (χ0v) is 14.9. The number of nitrogens with one attached hydrogen (secondary N) is 1. The van der Waals surface area contributed by atoms with Crippen LogP contribution in [-0.2, 0) is 6.54 Å². The summed E-state index contributed by atoms with van der Waals surface area (Å²) in [5, 5.41) is 2.46. The minimum atomic E-state index is -1.03. The van der Waals surface area contributed by atoms with Crippen LogP contribution < -0.4 is 5.32 Å². The molecule has 0 fully saturated rings. The molecule has 2 aromatic rings.